The average Bonchev–Trinajstić information content (AvgIpc) is 2.87. The topological polar surface area (TPSA) is 67.5 Å². The molecule has 0 fully saturated rings. The molecule has 0 aliphatic carbocycles. The van der Waals surface area contributed by atoms with Gasteiger partial charge in [0.15, 0.2) is 0 Å². The van der Waals surface area contributed by atoms with Crippen molar-refractivity contribution in [3.8, 4) is 0 Å². The Labute approximate surface area is 122 Å². The Balaban J connectivity index is 1.61. The minimum Gasteiger partial charge on any atom is -0.389 e. The molecule has 1 unspecified atom stereocenters. The number of ether oxygens (including phenoxy) is 1. The highest BCUT2D eigenvalue weighted by Gasteiger charge is 2.07. The van der Waals surface area contributed by atoms with Crippen molar-refractivity contribution in [2.75, 3.05) is 13.2 Å². The second-order valence-corrected chi connectivity index (χ2v) is 4.82. The van der Waals surface area contributed by atoms with Crippen molar-refractivity contribution in [2.24, 2.45) is 0 Å². The van der Waals surface area contributed by atoms with Crippen LogP contribution in [0.3, 0.4) is 0 Å². The molecule has 0 radical (unpaired) electrons. The van der Waals surface area contributed by atoms with Crippen LogP contribution in [0.25, 0.3) is 0 Å². The van der Waals surface area contributed by atoms with Crippen LogP contribution in [0, 0.1) is 12.7 Å². The van der Waals surface area contributed by atoms with E-state index >= 15 is 0 Å². The van der Waals surface area contributed by atoms with E-state index in [9.17, 15) is 9.50 Å². The molecule has 2 aromatic rings. The van der Waals surface area contributed by atoms with E-state index in [-0.39, 0.29) is 19.0 Å². The Morgan fingerprint density at radius 3 is 2.95 bits per heavy atom. The van der Waals surface area contributed by atoms with Crippen LogP contribution in [0.15, 0.2) is 34.9 Å². The average molecular weight is 294 g/mol. The molecule has 5 nitrogen and oxygen atoms in total. The molecule has 21 heavy (non-hydrogen) atoms. The Bertz CT molecular complexity index is 559. The number of hydrogen-bond acceptors (Lipinski definition) is 5. The molecule has 1 atom stereocenters. The highest BCUT2D eigenvalue weighted by molar-refractivity contribution is 5.16. The summed E-state index contributed by atoms with van der Waals surface area (Å²) in [6, 6.07) is 8.25. The first-order chi connectivity index (χ1) is 10.1. The fourth-order valence-electron chi connectivity index (χ4n) is 1.85. The lowest BCUT2D eigenvalue weighted by atomic mass is 10.2. The largest absolute Gasteiger partial charge is 0.389 e. The van der Waals surface area contributed by atoms with Crippen molar-refractivity contribution in [2.45, 2.75) is 26.2 Å². The number of aliphatic hydroxyl groups excluding tert-OH is 1. The smallest absolute Gasteiger partial charge is 0.133 e. The van der Waals surface area contributed by atoms with Gasteiger partial charge in [-0.3, -0.25) is 0 Å². The predicted molar refractivity (Wildman–Crippen MR) is 75.0 cm³/mol. The van der Waals surface area contributed by atoms with Crippen molar-refractivity contribution >= 4 is 0 Å². The second-order valence-electron chi connectivity index (χ2n) is 4.82. The Morgan fingerprint density at radius 2 is 2.24 bits per heavy atom. The van der Waals surface area contributed by atoms with Crippen molar-refractivity contribution in [3.05, 3.63) is 53.2 Å². The number of aromatic nitrogens is 1. The number of halogens is 1. The predicted octanol–water partition coefficient (Wildman–Crippen LogP) is 1.79. The van der Waals surface area contributed by atoms with E-state index in [0.29, 0.717) is 18.7 Å². The molecule has 0 bridgehead atoms. The van der Waals surface area contributed by atoms with Gasteiger partial charge < -0.3 is 19.7 Å². The highest BCUT2D eigenvalue weighted by Crippen LogP contribution is 2.07. The third-order valence-electron chi connectivity index (χ3n) is 2.89. The maximum Gasteiger partial charge on any atom is 0.133 e. The second kappa shape index (κ2) is 7.87. The molecule has 0 aliphatic heterocycles. The molecule has 0 saturated carbocycles. The van der Waals surface area contributed by atoms with Crippen LogP contribution in [-0.2, 0) is 17.9 Å². The van der Waals surface area contributed by atoms with Crippen molar-refractivity contribution < 1.29 is 18.8 Å². The van der Waals surface area contributed by atoms with Gasteiger partial charge in [0.1, 0.15) is 11.6 Å². The number of benzene rings is 1. The molecule has 2 rings (SSSR count). The Morgan fingerprint density at radius 1 is 1.43 bits per heavy atom. The number of aliphatic hydroxyl groups is 1. The van der Waals surface area contributed by atoms with Crippen LogP contribution in [0.2, 0.25) is 0 Å². The molecule has 0 amide bonds. The van der Waals surface area contributed by atoms with Gasteiger partial charge in [-0.05, 0) is 13.0 Å². The minimum atomic E-state index is -0.662. The fourth-order valence-corrected chi connectivity index (χ4v) is 1.85. The zero-order valence-electron chi connectivity index (χ0n) is 11.9. The highest BCUT2D eigenvalue weighted by atomic mass is 19.1. The van der Waals surface area contributed by atoms with Gasteiger partial charge in [0.05, 0.1) is 25.0 Å². The van der Waals surface area contributed by atoms with E-state index in [0.717, 1.165) is 11.5 Å². The first-order valence-corrected chi connectivity index (χ1v) is 6.77. The quantitative estimate of drug-likeness (QED) is 0.777. The van der Waals surface area contributed by atoms with Crippen LogP contribution in [0.4, 0.5) is 4.39 Å². The monoisotopic (exact) mass is 294 g/mol. The van der Waals surface area contributed by atoms with E-state index in [4.69, 9.17) is 9.26 Å². The Hall–Kier alpha value is -1.76. The van der Waals surface area contributed by atoms with Gasteiger partial charge in [0, 0.05) is 24.7 Å². The van der Waals surface area contributed by atoms with Crippen LogP contribution in [0.5, 0.6) is 0 Å². The standard InChI is InChI=1S/C15H19FN2O3/c1-11-6-13(18-21-11)7-17-8-14(19)10-20-9-12-4-2-3-5-15(12)16/h2-6,14,17,19H,7-10H2,1H3. The summed E-state index contributed by atoms with van der Waals surface area (Å²) in [6.45, 7) is 2.98. The number of hydrogen-bond donors (Lipinski definition) is 2. The van der Waals surface area contributed by atoms with Gasteiger partial charge >= 0.3 is 0 Å². The van der Waals surface area contributed by atoms with E-state index in [1.165, 1.54) is 6.07 Å². The maximum absolute atomic E-state index is 13.3. The van der Waals surface area contributed by atoms with Gasteiger partial charge in [-0.1, -0.05) is 23.4 Å². The molecule has 1 aromatic heterocycles. The van der Waals surface area contributed by atoms with Crippen molar-refractivity contribution in [3.63, 3.8) is 0 Å². The van der Waals surface area contributed by atoms with Crippen LogP contribution < -0.4 is 5.32 Å². The van der Waals surface area contributed by atoms with Gasteiger partial charge in [0.2, 0.25) is 0 Å². The molecule has 1 heterocycles. The Kier molecular flexibility index (Phi) is 5.86. The van der Waals surface area contributed by atoms with E-state index in [1.807, 2.05) is 13.0 Å². The lowest BCUT2D eigenvalue weighted by molar-refractivity contribution is 0.0277. The third-order valence-corrected chi connectivity index (χ3v) is 2.89. The maximum atomic E-state index is 13.3. The van der Waals surface area contributed by atoms with E-state index in [1.54, 1.807) is 18.2 Å². The molecule has 0 spiro atoms. The summed E-state index contributed by atoms with van der Waals surface area (Å²) in [5.74, 6) is 0.451. The first kappa shape index (κ1) is 15.6. The van der Waals surface area contributed by atoms with Crippen molar-refractivity contribution in [1.29, 1.82) is 0 Å². The lowest BCUT2D eigenvalue weighted by Crippen LogP contribution is -2.30. The number of nitrogens with zero attached hydrogens (tertiary/aromatic N) is 1. The summed E-state index contributed by atoms with van der Waals surface area (Å²) >= 11 is 0. The van der Waals surface area contributed by atoms with Crippen LogP contribution >= 0.6 is 0 Å². The van der Waals surface area contributed by atoms with Crippen LogP contribution in [-0.4, -0.2) is 29.5 Å². The molecule has 1 aromatic carbocycles. The molecule has 114 valence electrons. The van der Waals surface area contributed by atoms with E-state index < -0.39 is 6.10 Å². The summed E-state index contributed by atoms with van der Waals surface area (Å²) in [4.78, 5) is 0. The molecular weight excluding hydrogens is 275 g/mol. The van der Waals surface area contributed by atoms with Gasteiger partial charge in [-0.15, -0.1) is 0 Å². The summed E-state index contributed by atoms with van der Waals surface area (Å²) < 4.78 is 23.6. The molecule has 2 N–H and O–H groups in total. The lowest BCUT2D eigenvalue weighted by Gasteiger charge is -2.12. The molecule has 0 aliphatic rings. The summed E-state index contributed by atoms with van der Waals surface area (Å²) in [5.41, 5.74) is 1.27. The van der Waals surface area contributed by atoms with Gasteiger partial charge in [0.25, 0.3) is 0 Å². The molecular formula is C15H19FN2O3. The zero-order chi connectivity index (χ0) is 15.1. The van der Waals surface area contributed by atoms with Gasteiger partial charge in [-0.2, -0.15) is 0 Å². The number of nitrogens with one attached hydrogen (secondary N) is 1. The third kappa shape index (κ3) is 5.26. The summed E-state index contributed by atoms with van der Waals surface area (Å²) in [6.07, 6.45) is -0.662. The summed E-state index contributed by atoms with van der Waals surface area (Å²) in [5, 5.41) is 16.6. The van der Waals surface area contributed by atoms with Crippen LogP contribution in [0.1, 0.15) is 17.0 Å². The first-order valence-electron chi connectivity index (χ1n) is 6.77. The van der Waals surface area contributed by atoms with E-state index in [2.05, 4.69) is 10.5 Å². The number of rotatable bonds is 8. The van der Waals surface area contributed by atoms with Gasteiger partial charge in [-0.25, -0.2) is 4.39 Å². The minimum absolute atomic E-state index is 0.138. The zero-order valence-corrected chi connectivity index (χ0v) is 11.9. The molecule has 0 saturated heterocycles. The normalized spacial score (nSPS) is 12.5. The summed E-state index contributed by atoms with van der Waals surface area (Å²) in [7, 11) is 0. The SMILES string of the molecule is Cc1cc(CNCC(O)COCc2ccccc2F)no1. The fraction of sp³-hybridized carbons (Fsp3) is 0.400. The van der Waals surface area contributed by atoms with Crippen molar-refractivity contribution in [1.82, 2.24) is 10.5 Å². The number of aryl methyl sites for hydroxylation is 1. The molecule has 6 heteroatoms.